The maximum Gasteiger partial charge on any atom is 0.244 e. The summed E-state index contributed by atoms with van der Waals surface area (Å²) in [4.78, 5) is 24.7. The highest BCUT2D eigenvalue weighted by Gasteiger charge is 2.19. The summed E-state index contributed by atoms with van der Waals surface area (Å²) in [5.74, 6) is -0.122. The number of amides is 2. The van der Waals surface area contributed by atoms with Crippen LogP contribution in [0.25, 0.3) is 0 Å². The Kier molecular flexibility index (Phi) is 7.38. The number of halogens is 1. The first kappa shape index (κ1) is 14.4. The van der Waals surface area contributed by atoms with Crippen molar-refractivity contribution in [2.24, 2.45) is 0 Å². The number of rotatable bonds is 6. The first-order chi connectivity index (χ1) is 7.06. The van der Waals surface area contributed by atoms with Gasteiger partial charge in [0.1, 0.15) is 6.04 Å². The lowest BCUT2D eigenvalue weighted by atomic mass is 10.2. The molecule has 0 spiro atoms. The van der Waals surface area contributed by atoms with Crippen molar-refractivity contribution in [1.82, 2.24) is 10.2 Å². The second-order valence-corrected chi connectivity index (χ2v) is 4.03. The molecule has 2 amide bonds. The highest BCUT2D eigenvalue weighted by atomic mass is 79.9. The lowest BCUT2D eigenvalue weighted by Gasteiger charge is -2.23. The van der Waals surface area contributed by atoms with Gasteiger partial charge in [0, 0.05) is 24.8 Å². The van der Waals surface area contributed by atoms with Crippen LogP contribution < -0.4 is 5.32 Å². The summed E-state index contributed by atoms with van der Waals surface area (Å²) in [5, 5.41) is 3.29. The lowest BCUT2D eigenvalue weighted by Crippen LogP contribution is -2.46. The van der Waals surface area contributed by atoms with Crippen molar-refractivity contribution in [1.29, 1.82) is 0 Å². The third-order valence-corrected chi connectivity index (χ3v) is 2.54. The average molecular weight is 279 g/mol. The van der Waals surface area contributed by atoms with Gasteiger partial charge in [-0.2, -0.15) is 0 Å². The molecule has 0 aromatic rings. The molecule has 0 radical (unpaired) electrons. The summed E-state index contributed by atoms with van der Waals surface area (Å²) in [6.07, 6.45) is 0.399. The van der Waals surface area contributed by atoms with Gasteiger partial charge < -0.3 is 10.2 Å². The molecule has 1 atom stereocenters. The zero-order valence-corrected chi connectivity index (χ0v) is 11.1. The van der Waals surface area contributed by atoms with Crippen LogP contribution in [0.5, 0.6) is 0 Å². The largest absolute Gasteiger partial charge is 0.345 e. The van der Waals surface area contributed by atoms with Crippen LogP contribution in [0.4, 0.5) is 0 Å². The zero-order chi connectivity index (χ0) is 11.8. The Labute approximate surface area is 99.5 Å². The predicted molar refractivity (Wildman–Crippen MR) is 63.9 cm³/mol. The summed E-state index contributed by atoms with van der Waals surface area (Å²) >= 11 is 3.18. The van der Waals surface area contributed by atoms with Crippen LogP contribution in [0.15, 0.2) is 0 Å². The molecule has 0 saturated heterocycles. The molecule has 5 heteroatoms. The van der Waals surface area contributed by atoms with Crippen LogP contribution in [0.2, 0.25) is 0 Å². The topological polar surface area (TPSA) is 49.4 Å². The van der Waals surface area contributed by atoms with E-state index in [1.165, 1.54) is 0 Å². The van der Waals surface area contributed by atoms with Crippen molar-refractivity contribution in [2.45, 2.75) is 33.2 Å². The van der Waals surface area contributed by atoms with E-state index in [-0.39, 0.29) is 11.8 Å². The quantitative estimate of drug-likeness (QED) is 0.741. The standard InChI is InChI=1S/C10H19BrN2O2/c1-4-13(5-2)10(15)8(3)12-9(14)6-7-11/h8H,4-7H2,1-3H3,(H,12,14). The van der Waals surface area contributed by atoms with E-state index >= 15 is 0 Å². The van der Waals surface area contributed by atoms with Gasteiger partial charge in [-0.15, -0.1) is 0 Å². The number of nitrogens with zero attached hydrogens (tertiary/aromatic N) is 1. The molecule has 1 N–H and O–H groups in total. The minimum absolute atomic E-state index is 0.0251. The van der Waals surface area contributed by atoms with Crippen LogP contribution in [0, 0.1) is 0 Å². The number of carbonyl (C=O) groups is 2. The molecule has 0 heterocycles. The van der Waals surface area contributed by atoms with E-state index in [0.717, 1.165) is 0 Å². The number of hydrogen-bond acceptors (Lipinski definition) is 2. The van der Waals surface area contributed by atoms with Crippen molar-refractivity contribution < 1.29 is 9.59 Å². The summed E-state index contributed by atoms with van der Waals surface area (Å²) in [5.41, 5.74) is 0. The fourth-order valence-electron chi connectivity index (χ4n) is 1.27. The minimum Gasteiger partial charge on any atom is -0.345 e. The second kappa shape index (κ2) is 7.68. The summed E-state index contributed by atoms with van der Waals surface area (Å²) in [7, 11) is 0. The third-order valence-electron chi connectivity index (χ3n) is 2.14. The van der Waals surface area contributed by atoms with E-state index < -0.39 is 6.04 Å². The van der Waals surface area contributed by atoms with Crippen LogP contribution >= 0.6 is 15.9 Å². The van der Waals surface area contributed by atoms with Crippen molar-refractivity contribution in [3.05, 3.63) is 0 Å². The van der Waals surface area contributed by atoms with E-state index in [0.29, 0.717) is 24.8 Å². The van der Waals surface area contributed by atoms with Crippen LogP contribution in [-0.4, -0.2) is 41.2 Å². The fourth-order valence-corrected chi connectivity index (χ4v) is 1.63. The molecule has 88 valence electrons. The predicted octanol–water partition coefficient (Wildman–Crippen LogP) is 1.14. The maximum atomic E-state index is 11.7. The third kappa shape index (κ3) is 5.16. The first-order valence-corrected chi connectivity index (χ1v) is 6.33. The smallest absolute Gasteiger partial charge is 0.244 e. The van der Waals surface area contributed by atoms with E-state index in [1.807, 2.05) is 13.8 Å². The fraction of sp³-hybridized carbons (Fsp3) is 0.800. The van der Waals surface area contributed by atoms with Gasteiger partial charge in [0.05, 0.1) is 0 Å². The Morgan fingerprint density at radius 2 is 1.87 bits per heavy atom. The molecule has 0 rings (SSSR count). The molecule has 0 aliphatic rings. The molecule has 0 aromatic carbocycles. The van der Waals surface area contributed by atoms with Crippen molar-refractivity contribution in [3.8, 4) is 0 Å². The van der Waals surface area contributed by atoms with Gasteiger partial charge in [-0.05, 0) is 20.8 Å². The minimum atomic E-state index is -0.434. The van der Waals surface area contributed by atoms with Gasteiger partial charge in [-0.1, -0.05) is 15.9 Å². The molecule has 0 saturated carbocycles. The second-order valence-electron chi connectivity index (χ2n) is 3.24. The highest BCUT2D eigenvalue weighted by molar-refractivity contribution is 9.09. The molecule has 1 unspecified atom stereocenters. The Bertz CT molecular complexity index is 217. The Hall–Kier alpha value is -0.580. The van der Waals surface area contributed by atoms with Crippen LogP contribution in [0.1, 0.15) is 27.2 Å². The summed E-state index contributed by atoms with van der Waals surface area (Å²) < 4.78 is 0. The van der Waals surface area contributed by atoms with Gasteiger partial charge in [0.25, 0.3) is 0 Å². The van der Waals surface area contributed by atoms with E-state index in [1.54, 1.807) is 11.8 Å². The van der Waals surface area contributed by atoms with Crippen LogP contribution in [0.3, 0.4) is 0 Å². The Balaban J connectivity index is 4.13. The van der Waals surface area contributed by atoms with Crippen molar-refractivity contribution in [2.75, 3.05) is 18.4 Å². The number of likely N-dealkylation sites (N-methyl/N-ethyl adjacent to an activating group) is 1. The van der Waals surface area contributed by atoms with Crippen molar-refractivity contribution in [3.63, 3.8) is 0 Å². The Morgan fingerprint density at radius 3 is 2.27 bits per heavy atom. The highest BCUT2D eigenvalue weighted by Crippen LogP contribution is 1.96. The van der Waals surface area contributed by atoms with Crippen molar-refractivity contribution >= 4 is 27.7 Å². The van der Waals surface area contributed by atoms with Gasteiger partial charge >= 0.3 is 0 Å². The average Bonchev–Trinajstić information content (AvgIpc) is 2.19. The van der Waals surface area contributed by atoms with E-state index in [9.17, 15) is 9.59 Å². The molecule has 15 heavy (non-hydrogen) atoms. The number of alkyl halides is 1. The number of carbonyl (C=O) groups excluding carboxylic acids is 2. The van der Waals surface area contributed by atoms with Gasteiger partial charge in [-0.3, -0.25) is 9.59 Å². The van der Waals surface area contributed by atoms with Gasteiger partial charge in [-0.25, -0.2) is 0 Å². The Morgan fingerprint density at radius 1 is 1.33 bits per heavy atom. The van der Waals surface area contributed by atoms with Crippen LogP contribution in [-0.2, 0) is 9.59 Å². The van der Waals surface area contributed by atoms with E-state index in [4.69, 9.17) is 0 Å². The molecule has 0 bridgehead atoms. The summed E-state index contributed by atoms with van der Waals surface area (Å²) in [6.45, 7) is 6.91. The summed E-state index contributed by atoms with van der Waals surface area (Å²) in [6, 6.07) is -0.434. The van der Waals surface area contributed by atoms with E-state index in [2.05, 4.69) is 21.2 Å². The molecule has 0 fully saturated rings. The molecular weight excluding hydrogens is 260 g/mol. The molecule has 0 aromatic heterocycles. The molecule has 0 aliphatic carbocycles. The van der Waals surface area contributed by atoms with Gasteiger partial charge in [0.15, 0.2) is 0 Å². The lowest BCUT2D eigenvalue weighted by molar-refractivity contribution is -0.135. The maximum absolute atomic E-state index is 11.7. The first-order valence-electron chi connectivity index (χ1n) is 5.20. The van der Waals surface area contributed by atoms with Gasteiger partial charge in [0.2, 0.25) is 11.8 Å². The molecular formula is C10H19BrN2O2. The molecule has 0 aliphatic heterocycles. The zero-order valence-electron chi connectivity index (χ0n) is 9.55. The molecule has 4 nitrogen and oxygen atoms in total. The number of nitrogens with one attached hydrogen (secondary N) is 1. The normalized spacial score (nSPS) is 12.0. The monoisotopic (exact) mass is 278 g/mol. The SMILES string of the molecule is CCN(CC)C(=O)C(C)NC(=O)CCBr. The number of hydrogen-bond donors (Lipinski definition) is 1.